The molecule has 0 bridgehead atoms. The Morgan fingerprint density at radius 1 is 1.00 bits per heavy atom. The molecular formula is C26H29N7OS. The van der Waals surface area contributed by atoms with Gasteiger partial charge < -0.3 is 20.7 Å². The first-order chi connectivity index (χ1) is 17.0. The highest BCUT2D eigenvalue weighted by Gasteiger charge is 2.14. The molecule has 0 atom stereocenters. The lowest BCUT2D eigenvalue weighted by Crippen LogP contribution is -2.43. The monoisotopic (exact) mass is 487 g/mol. The van der Waals surface area contributed by atoms with Crippen LogP contribution in [0, 0.1) is 6.92 Å². The van der Waals surface area contributed by atoms with E-state index >= 15 is 0 Å². The largest absolute Gasteiger partial charge is 0.457 e. The topological polar surface area (TPSA) is 92.4 Å². The molecule has 2 aromatic heterocycles. The van der Waals surface area contributed by atoms with Crippen LogP contribution in [0.3, 0.4) is 0 Å². The molecule has 0 radical (unpaired) electrons. The number of aryl methyl sites for hydroxylation is 1. The van der Waals surface area contributed by atoms with E-state index in [9.17, 15) is 0 Å². The summed E-state index contributed by atoms with van der Waals surface area (Å²) in [5, 5.41) is 6.06. The summed E-state index contributed by atoms with van der Waals surface area (Å²) >= 11 is 1.49. The highest BCUT2D eigenvalue weighted by Crippen LogP contribution is 2.31. The fraction of sp³-hybridized carbons (Fsp3) is 0.269. The van der Waals surface area contributed by atoms with Crippen molar-refractivity contribution in [3.05, 3.63) is 71.2 Å². The summed E-state index contributed by atoms with van der Waals surface area (Å²) in [6, 6.07) is 16.0. The minimum absolute atomic E-state index is 0.422. The van der Waals surface area contributed by atoms with E-state index in [-0.39, 0.29) is 0 Å². The molecule has 180 valence electrons. The van der Waals surface area contributed by atoms with Gasteiger partial charge >= 0.3 is 0 Å². The second-order valence-electron chi connectivity index (χ2n) is 8.77. The number of nitrogens with two attached hydrogens (primary N) is 1. The number of benzene rings is 2. The van der Waals surface area contributed by atoms with E-state index < -0.39 is 0 Å². The summed E-state index contributed by atoms with van der Waals surface area (Å²) in [5.74, 6) is 2.52. The van der Waals surface area contributed by atoms with E-state index in [4.69, 9.17) is 10.5 Å². The van der Waals surface area contributed by atoms with Crippen LogP contribution >= 0.6 is 11.3 Å². The van der Waals surface area contributed by atoms with E-state index in [1.54, 1.807) is 12.3 Å². The van der Waals surface area contributed by atoms with Gasteiger partial charge in [-0.3, -0.25) is 4.90 Å². The number of aromatic nitrogens is 3. The van der Waals surface area contributed by atoms with Crippen LogP contribution in [-0.2, 0) is 6.54 Å². The average Bonchev–Trinajstić information content (AvgIpc) is 3.33. The van der Waals surface area contributed by atoms with Gasteiger partial charge in [0.15, 0.2) is 11.0 Å². The van der Waals surface area contributed by atoms with Crippen LogP contribution in [0.4, 0.5) is 16.6 Å². The Morgan fingerprint density at radius 3 is 2.54 bits per heavy atom. The lowest BCUT2D eigenvalue weighted by atomic mass is 10.2. The van der Waals surface area contributed by atoms with Gasteiger partial charge in [-0.05, 0) is 49.4 Å². The van der Waals surface area contributed by atoms with Gasteiger partial charge in [0.2, 0.25) is 0 Å². The Labute approximate surface area is 209 Å². The molecule has 0 spiro atoms. The summed E-state index contributed by atoms with van der Waals surface area (Å²) in [7, 11) is 2.18. The van der Waals surface area contributed by atoms with E-state index in [1.165, 1.54) is 16.9 Å². The first kappa shape index (κ1) is 23.2. The minimum atomic E-state index is 0.422. The summed E-state index contributed by atoms with van der Waals surface area (Å²) < 4.78 is 6.15. The fourth-order valence-electron chi connectivity index (χ4n) is 3.91. The number of hydrogen-bond donors (Lipinski definition) is 2. The Hall–Kier alpha value is -3.53. The third kappa shape index (κ3) is 5.94. The van der Waals surface area contributed by atoms with Crippen molar-refractivity contribution in [2.24, 2.45) is 0 Å². The standard InChI is InChI=1S/C26H29N7OS/c1-18-3-6-21(34-20-7-4-19(5-8-20)16-33-13-11-32(2)12-14-33)15-22(18)29-26-30-23(17-35-26)25-28-10-9-24(27)31-25/h3-10,15,17H,11-14,16H2,1-2H3,(H,29,30)(H2,27,28,31). The molecule has 8 nitrogen and oxygen atoms in total. The van der Waals surface area contributed by atoms with Crippen LogP contribution < -0.4 is 15.8 Å². The maximum Gasteiger partial charge on any atom is 0.187 e. The number of nitrogens with zero attached hydrogens (tertiary/aromatic N) is 5. The van der Waals surface area contributed by atoms with Crippen LogP contribution in [-0.4, -0.2) is 58.0 Å². The summed E-state index contributed by atoms with van der Waals surface area (Å²) in [4.78, 5) is 18.0. The predicted molar refractivity (Wildman–Crippen MR) is 141 cm³/mol. The molecule has 0 aliphatic carbocycles. The second-order valence-corrected chi connectivity index (χ2v) is 9.63. The maximum atomic E-state index is 6.15. The molecule has 0 amide bonds. The minimum Gasteiger partial charge on any atom is -0.457 e. The molecule has 1 saturated heterocycles. The van der Waals surface area contributed by atoms with Crippen LogP contribution in [0.25, 0.3) is 11.5 Å². The molecule has 3 heterocycles. The zero-order valence-electron chi connectivity index (χ0n) is 19.9. The van der Waals surface area contributed by atoms with E-state index in [0.717, 1.165) is 60.6 Å². The second kappa shape index (κ2) is 10.4. The molecular weight excluding hydrogens is 458 g/mol. The van der Waals surface area contributed by atoms with Gasteiger partial charge in [0.1, 0.15) is 23.0 Å². The number of anilines is 3. The normalized spacial score (nSPS) is 14.7. The SMILES string of the molecule is Cc1ccc(Oc2ccc(CN3CCN(C)CC3)cc2)cc1Nc1nc(-c2nccc(N)n2)cs1. The van der Waals surface area contributed by atoms with Crippen LogP contribution in [0.5, 0.6) is 11.5 Å². The van der Waals surface area contributed by atoms with Crippen molar-refractivity contribution in [2.75, 3.05) is 44.3 Å². The fourth-order valence-corrected chi connectivity index (χ4v) is 4.61. The number of thiazole rings is 1. The molecule has 0 saturated carbocycles. The van der Waals surface area contributed by atoms with Gasteiger partial charge in [-0.15, -0.1) is 11.3 Å². The lowest BCUT2D eigenvalue weighted by Gasteiger charge is -2.32. The molecule has 3 N–H and O–H groups in total. The van der Waals surface area contributed by atoms with E-state index in [2.05, 4.69) is 56.2 Å². The van der Waals surface area contributed by atoms with E-state index in [0.29, 0.717) is 17.3 Å². The molecule has 1 aliphatic heterocycles. The zero-order chi connectivity index (χ0) is 24.2. The van der Waals surface area contributed by atoms with Crippen molar-refractivity contribution in [2.45, 2.75) is 13.5 Å². The van der Waals surface area contributed by atoms with Crippen LogP contribution in [0.2, 0.25) is 0 Å². The Kier molecular flexibility index (Phi) is 6.89. The maximum absolute atomic E-state index is 6.15. The number of likely N-dealkylation sites (N-methyl/N-ethyl adjacent to an activating group) is 1. The van der Waals surface area contributed by atoms with Gasteiger partial charge in [-0.2, -0.15) is 0 Å². The number of nitrogen functional groups attached to an aromatic ring is 1. The molecule has 35 heavy (non-hydrogen) atoms. The average molecular weight is 488 g/mol. The quantitative estimate of drug-likeness (QED) is 0.385. The number of hydrogen-bond acceptors (Lipinski definition) is 9. The molecule has 0 unspecified atom stereocenters. The number of ether oxygens (including phenoxy) is 1. The first-order valence-corrected chi connectivity index (χ1v) is 12.5. The zero-order valence-corrected chi connectivity index (χ0v) is 20.8. The predicted octanol–water partition coefficient (Wildman–Crippen LogP) is 4.77. The molecule has 1 fully saturated rings. The van der Waals surface area contributed by atoms with Gasteiger partial charge in [0.05, 0.1) is 0 Å². The van der Waals surface area contributed by atoms with Gasteiger partial charge in [0.25, 0.3) is 0 Å². The van der Waals surface area contributed by atoms with Gasteiger partial charge in [-0.25, -0.2) is 15.0 Å². The Bertz CT molecular complexity index is 1280. The number of rotatable bonds is 7. The van der Waals surface area contributed by atoms with Crippen molar-refractivity contribution in [1.29, 1.82) is 0 Å². The Morgan fingerprint density at radius 2 is 1.77 bits per heavy atom. The Balaban J connectivity index is 1.23. The molecule has 1 aliphatic rings. The third-order valence-corrected chi connectivity index (χ3v) is 6.78. The molecule has 2 aromatic carbocycles. The van der Waals surface area contributed by atoms with Gasteiger partial charge in [-0.1, -0.05) is 18.2 Å². The van der Waals surface area contributed by atoms with Crippen molar-refractivity contribution in [3.63, 3.8) is 0 Å². The van der Waals surface area contributed by atoms with E-state index in [1.807, 2.05) is 35.7 Å². The number of nitrogens with one attached hydrogen (secondary N) is 1. The smallest absolute Gasteiger partial charge is 0.187 e. The molecule has 5 rings (SSSR count). The van der Waals surface area contributed by atoms with Crippen molar-refractivity contribution in [1.82, 2.24) is 24.8 Å². The van der Waals surface area contributed by atoms with Crippen molar-refractivity contribution < 1.29 is 4.74 Å². The van der Waals surface area contributed by atoms with Gasteiger partial charge in [0, 0.05) is 56.1 Å². The third-order valence-electron chi connectivity index (χ3n) is 6.02. The highest BCUT2D eigenvalue weighted by atomic mass is 32.1. The summed E-state index contributed by atoms with van der Waals surface area (Å²) in [6.07, 6.45) is 1.63. The van der Waals surface area contributed by atoms with Crippen molar-refractivity contribution in [3.8, 4) is 23.0 Å². The number of piperazine rings is 1. The van der Waals surface area contributed by atoms with Crippen LogP contribution in [0.1, 0.15) is 11.1 Å². The van der Waals surface area contributed by atoms with Crippen LogP contribution in [0.15, 0.2) is 60.1 Å². The summed E-state index contributed by atoms with van der Waals surface area (Å²) in [5.41, 5.74) is 9.79. The lowest BCUT2D eigenvalue weighted by molar-refractivity contribution is 0.148. The highest BCUT2D eigenvalue weighted by molar-refractivity contribution is 7.14. The van der Waals surface area contributed by atoms with Crippen molar-refractivity contribution >= 4 is 28.0 Å². The molecule has 9 heteroatoms. The first-order valence-electron chi connectivity index (χ1n) is 11.6. The summed E-state index contributed by atoms with van der Waals surface area (Å²) in [6.45, 7) is 7.50. The molecule has 4 aromatic rings.